The van der Waals surface area contributed by atoms with Crippen molar-refractivity contribution in [2.45, 2.75) is 70.3 Å². The van der Waals surface area contributed by atoms with Gasteiger partial charge >= 0.3 is 0 Å². The fraction of sp³-hybridized carbons (Fsp3) is 0.739. The Labute approximate surface area is 177 Å². The highest BCUT2D eigenvalue weighted by molar-refractivity contribution is 5.49. The van der Waals surface area contributed by atoms with E-state index in [2.05, 4.69) is 4.90 Å². The Morgan fingerprint density at radius 3 is 2.53 bits per heavy atom. The third-order valence-electron chi connectivity index (χ3n) is 6.72. The van der Waals surface area contributed by atoms with Gasteiger partial charge in [-0.1, -0.05) is 6.92 Å². The Bertz CT molecular complexity index is 794. The van der Waals surface area contributed by atoms with E-state index in [4.69, 9.17) is 14.2 Å². The van der Waals surface area contributed by atoms with E-state index in [0.29, 0.717) is 24.5 Å². The van der Waals surface area contributed by atoms with Crippen LogP contribution in [0.1, 0.15) is 51.3 Å². The summed E-state index contributed by atoms with van der Waals surface area (Å²) >= 11 is 0. The lowest BCUT2D eigenvalue weighted by Gasteiger charge is -2.46. The summed E-state index contributed by atoms with van der Waals surface area (Å²) in [5.41, 5.74) is 1.94. The van der Waals surface area contributed by atoms with Gasteiger partial charge in [-0.15, -0.1) is 0 Å². The Kier molecular flexibility index (Phi) is 5.52. The number of piperidine rings is 1. The van der Waals surface area contributed by atoms with E-state index in [-0.39, 0.29) is 24.4 Å². The normalized spacial score (nSPS) is 32.9. The number of hydrogen-bond acceptors (Lipinski definition) is 5. The molecule has 1 aromatic rings. The molecule has 1 saturated heterocycles. The number of rotatable bonds is 5. The second-order valence-electron chi connectivity index (χ2n) is 9.92. The molecule has 168 valence electrons. The zero-order valence-corrected chi connectivity index (χ0v) is 18.5. The van der Waals surface area contributed by atoms with Crippen LogP contribution in [0, 0.1) is 11.8 Å². The highest BCUT2D eigenvalue weighted by Crippen LogP contribution is 2.55. The number of benzene rings is 1. The smallest absolute Gasteiger partial charge is 0.257 e. The van der Waals surface area contributed by atoms with Crippen LogP contribution in [0.25, 0.3) is 0 Å². The van der Waals surface area contributed by atoms with Gasteiger partial charge in [0.15, 0.2) is 11.5 Å². The Balaban J connectivity index is 1.51. The number of alkyl halides is 2. The molecule has 1 aromatic carbocycles. The molecule has 0 spiro atoms. The number of aliphatic hydroxyl groups excluding tert-OH is 1. The van der Waals surface area contributed by atoms with Gasteiger partial charge in [0, 0.05) is 25.0 Å². The molecule has 3 unspecified atom stereocenters. The number of hydrogen-bond donors (Lipinski definition) is 1. The van der Waals surface area contributed by atoms with Crippen LogP contribution in [0.15, 0.2) is 12.1 Å². The third-order valence-corrected chi connectivity index (χ3v) is 6.72. The largest absolute Gasteiger partial charge is 0.493 e. The summed E-state index contributed by atoms with van der Waals surface area (Å²) < 4.78 is 44.5. The summed E-state index contributed by atoms with van der Waals surface area (Å²) in [6.07, 6.45) is 0.662. The molecule has 0 aromatic heterocycles. The fourth-order valence-corrected chi connectivity index (χ4v) is 4.83. The number of nitrogens with zero attached hydrogens (tertiary/aromatic N) is 1. The van der Waals surface area contributed by atoms with E-state index < -0.39 is 23.9 Å². The summed E-state index contributed by atoms with van der Waals surface area (Å²) in [5.74, 6) is -2.94. The van der Waals surface area contributed by atoms with Gasteiger partial charge < -0.3 is 19.3 Å². The van der Waals surface area contributed by atoms with Crippen molar-refractivity contribution in [2.75, 3.05) is 26.8 Å². The molecule has 2 aliphatic heterocycles. The van der Waals surface area contributed by atoms with Gasteiger partial charge in [0.05, 0.1) is 37.4 Å². The Morgan fingerprint density at radius 2 is 1.93 bits per heavy atom. The lowest BCUT2D eigenvalue weighted by Crippen LogP contribution is -2.53. The third kappa shape index (κ3) is 4.04. The SMILES string of the molecule is COc1cc2c(cc1OC[C@@H]1[C@@H](C)C1(F)F)CCN1CC(OC(C)(C)C)C(O)CC21. The molecule has 5 nitrogen and oxygen atoms in total. The van der Waals surface area contributed by atoms with Crippen molar-refractivity contribution in [1.82, 2.24) is 4.90 Å². The maximum Gasteiger partial charge on any atom is 0.257 e. The molecular weight excluding hydrogens is 392 g/mol. The predicted molar refractivity (Wildman–Crippen MR) is 109 cm³/mol. The van der Waals surface area contributed by atoms with Crippen molar-refractivity contribution in [1.29, 1.82) is 0 Å². The van der Waals surface area contributed by atoms with Crippen LogP contribution in [-0.2, 0) is 11.2 Å². The predicted octanol–water partition coefficient (Wildman–Crippen LogP) is 3.82. The average molecular weight is 426 g/mol. The van der Waals surface area contributed by atoms with E-state index in [1.807, 2.05) is 32.9 Å². The monoisotopic (exact) mass is 425 g/mol. The number of halogens is 2. The minimum Gasteiger partial charge on any atom is -0.493 e. The molecule has 5 atom stereocenters. The van der Waals surface area contributed by atoms with Gasteiger partial charge in [-0.25, -0.2) is 8.78 Å². The molecular formula is C23H33F2NO4. The number of ether oxygens (including phenoxy) is 3. The zero-order chi connectivity index (χ0) is 21.8. The molecule has 1 N–H and O–H groups in total. The van der Waals surface area contributed by atoms with Gasteiger partial charge in [-0.05, 0) is 56.9 Å². The van der Waals surface area contributed by atoms with Gasteiger partial charge in [0.25, 0.3) is 5.92 Å². The van der Waals surface area contributed by atoms with E-state index >= 15 is 0 Å². The quantitative estimate of drug-likeness (QED) is 0.777. The summed E-state index contributed by atoms with van der Waals surface area (Å²) in [4.78, 5) is 2.36. The van der Waals surface area contributed by atoms with Gasteiger partial charge in [0.1, 0.15) is 0 Å². The van der Waals surface area contributed by atoms with Crippen molar-refractivity contribution in [2.24, 2.45) is 11.8 Å². The molecule has 30 heavy (non-hydrogen) atoms. The molecule has 4 rings (SSSR count). The van der Waals surface area contributed by atoms with Crippen molar-refractivity contribution >= 4 is 0 Å². The van der Waals surface area contributed by atoms with Crippen LogP contribution in [0.2, 0.25) is 0 Å². The minimum atomic E-state index is -2.63. The van der Waals surface area contributed by atoms with Crippen molar-refractivity contribution < 1.29 is 28.1 Å². The highest BCUT2D eigenvalue weighted by atomic mass is 19.3. The summed E-state index contributed by atoms with van der Waals surface area (Å²) in [6, 6.07) is 3.97. The van der Waals surface area contributed by atoms with Gasteiger partial charge in [-0.3, -0.25) is 4.90 Å². The minimum absolute atomic E-state index is 0.0105. The molecule has 0 bridgehead atoms. The molecule has 7 heteroatoms. The fourth-order valence-electron chi connectivity index (χ4n) is 4.83. The zero-order valence-electron chi connectivity index (χ0n) is 18.5. The van der Waals surface area contributed by atoms with E-state index in [1.165, 1.54) is 0 Å². The van der Waals surface area contributed by atoms with Crippen LogP contribution in [0.3, 0.4) is 0 Å². The Hall–Kier alpha value is -1.44. The average Bonchev–Trinajstić information content (AvgIpc) is 3.14. The van der Waals surface area contributed by atoms with Crippen molar-refractivity contribution in [3.63, 3.8) is 0 Å². The highest BCUT2D eigenvalue weighted by Gasteiger charge is 2.65. The topological polar surface area (TPSA) is 51.2 Å². The lowest BCUT2D eigenvalue weighted by atomic mass is 9.84. The van der Waals surface area contributed by atoms with Crippen molar-refractivity contribution in [3.8, 4) is 11.5 Å². The van der Waals surface area contributed by atoms with Gasteiger partial charge in [0.2, 0.25) is 0 Å². The molecule has 1 aliphatic carbocycles. The summed E-state index contributed by atoms with van der Waals surface area (Å²) in [5, 5.41) is 10.7. The van der Waals surface area contributed by atoms with Crippen LogP contribution in [-0.4, -0.2) is 60.5 Å². The van der Waals surface area contributed by atoms with Crippen molar-refractivity contribution in [3.05, 3.63) is 23.3 Å². The second-order valence-corrected chi connectivity index (χ2v) is 9.92. The molecule has 2 heterocycles. The first-order valence-electron chi connectivity index (χ1n) is 10.8. The maximum absolute atomic E-state index is 13.6. The first-order chi connectivity index (χ1) is 14.0. The molecule has 0 radical (unpaired) electrons. The molecule has 0 amide bonds. The summed E-state index contributed by atoms with van der Waals surface area (Å²) in [6.45, 7) is 9.09. The first kappa shape index (κ1) is 21.8. The van der Waals surface area contributed by atoms with E-state index in [9.17, 15) is 13.9 Å². The maximum atomic E-state index is 13.6. The molecule has 3 aliphatic rings. The molecule has 1 saturated carbocycles. The number of aliphatic hydroxyl groups is 1. The van der Waals surface area contributed by atoms with Crippen LogP contribution in [0.5, 0.6) is 11.5 Å². The standard InChI is InChI=1S/C23H33F2NO4/c1-13-16(23(13,24)25)12-29-20-8-14-6-7-26-11-21(30-22(2,3)4)18(27)10-17(26)15(14)9-19(20)28-5/h8-9,13,16-18,21,27H,6-7,10-12H2,1-5H3/t13-,16-,17?,18?,21?/m1/s1. The van der Waals surface area contributed by atoms with E-state index in [0.717, 1.165) is 24.1 Å². The van der Waals surface area contributed by atoms with Crippen LogP contribution < -0.4 is 9.47 Å². The molecule has 2 fully saturated rings. The van der Waals surface area contributed by atoms with Gasteiger partial charge in [-0.2, -0.15) is 0 Å². The lowest BCUT2D eigenvalue weighted by molar-refractivity contribution is -0.149. The number of fused-ring (bicyclic) bond motifs is 3. The first-order valence-corrected chi connectivity index (χ1v) is 10.8. The number of methoxy groups -OCH3 is 1. The van der Waals surface area contributed by atoms with Crippen LogP contribution in [0.4, 0.5) is 8.78 Å². The Morgan fingerprint density at radius 1 is 1.23 bits per heavy atom. The van der Waals surface area contributed by atoms with Crippen LogP contribution >= 0.6 is 0 Å². The second kappa shape index (κ2) is 7.61. The van der Waals surface area contributed by atoms with E-state index in [1.54, 1.807) is 14.0 Å². The summed E-state index contributed by atoms with van der Waals surface area (Å²) in [7, 11) is 1.56.